The van der Waals surface area contributed by atoms with Gasteiger partial charge in [0.15, 0.2) is 57.5 Å². The fraction of sp³-hybridized carbons (Fsp3) is 0.229. The van der Waals surface area contributed by atoms with Crippen LogP contribution in [0, 0.1) is 69.0 Å². The number of aromatic nitrogens is 11. The lowest BCUT2D eigenvalue weighted by molar-refractivity contribution is -0.136. The number of aromatic amines is 3. The third-order valence-corrected chi connectivity index (χ3v) is 14.4. The molecule has 0 aliphatic carbocycles. The van der Waals surface area contributed by atoms with Crippen molar-refractivity contribution < 1.29 is 67.1 Å². The number of alkyl halides is 1. The minimum Gasteiger partial charge on any atom is -0.488 e. The van der Waals surface area contributed by atoms with Crippen LogP contribution in [0.3, 0.4) is 0 Å². The van der Waals surface area contributed by atoms with E-state index in [-0.39, 0.29) is 114 Å². The van der Waals surface area contributed by atoms with Crippen molar-refractivity contribution in [1.29, 1.82) is 26.3 Å². The molecule has 0 radical (unpaired) electrons. The molecular formula is C70H70BrCl2N23O14. The Morgan fingerprint density at radius 3 is 1.41 bits per heavy atom. The van der Waals surface area contributed by atoms with Crippen LogP contribution in [0.15, 0.2) is 140 Å². The Morgan fingerprint density at radius 1 is 0.600 bits per heavy atom. The van der Waals surface area contributed by atoms with Crippen LogP contribution >= 0.6 is 40.7 Å². The molecule has 0 bridgehead atoms. The number of esters is 2. The quantitative estimate of drug-likeness (QED) is 0.0291. The van der Waals surface area contributed by atoms with E-state index in [1.807, 2.05) is 60.7 Å². The lowest BCUT2D eigenvalue weighted by atomic mass is 10.2. The van der Waals surface area contributed by atoms with Gasteiger partial charge in [0.05, 0.1) is 32.4 Å². The van der Waals surface area contributed by atoms with Crippen LogP contribution in [0.1, 0.15) is 89.7 Å². The molecular weight excluding hydrogens is 1540 g/mol. The van der Waals surface area contributed by atoms with Crippen LogP contribution in [0.4, 0.5) is 17.5 Å². The first-order chi connectivity index (χ1) is 52.0. The number of carboxylic acid groups (broad SMARTS) is 1. The van der Waals surface area contributed by atoms with Crippen molar-refractivity contribution in [2.45, 2.75) is 43.8 Å². The van der Waals surface area contributed by atoms with E-state index in [1.54, 1.807) is 114 Å². The number of amides is 5. The molecule has 10 heterocycles. The van der Waals surface area contributed by atoms with E-state index < -0.39 is 47.8 Å². The maximum absolute atomic E-state index is 12.8. The normalized spacial score (nSPS) is 13.5. The zero-order valence-electron chi connectivity index (χ0n) is 59.0. The van der Waals surface area contributed by atoms with Gasteiger partial charge in [0.25, 0.3) is 23.6 Å². The number of nitrogens with two attached hydrogens (primary N) is 2. The fourth-order valence-electron chi connectivity index (χ4n) is 8.60. The number of nitriles is 5. The number of hydrogen-bond donors (Lipinski definition) is 8. The summed E-state index contributed by atoms with van der Waals surface area (Å²) in [5, 5.41) is 78.5. The number of ether oxygens (including phenoxy) is 5. The number of H-pyrrole nitrogens is 3. The van der Waals surface area contributed by atoms with Gasteiger partial charge in [-0.2, -0.15) is 46.7 Å². The predicted octanol–water partition coefficient (Wildman–Crippen LogP) is 4.46. The molecule has 3 aliphatic heterocycles. The first kappa shape index (κ1) is 90.1. The number of anilines is 3. The number of nitrogens with one attached hydrogen (secondary N) is 5. The van der Waals surface area contributed by atoms with Crippen LogP contribution in [-0.2, 0) is 40.5 Å². The Bertz CT molecular complexity index is 4830. The van der Waals surface area contributed by atoms with E-state index in [9.17, 15) is 43.6 Å². The topological polar surface area (TPSA) is 550 Å². The molecule has 0 saturated heterocycles. The maximum Gasteiger partial charge on any atom is 0.384 e. The second-order valence-electron chi connectivity index (χ2n) is 21.1. The van der Waals surface area contributed by atoms with E-state index in [4.69, 9.17) is 46.1 Å². The average molecular weight is 1610 g/mol. The first-order valence-electron chi connectivity index (χ1n) is 31.6. The van der Waals surface area contributed by atoms with E-state index >= 15 is 0 Å². The number of terminal acetylenes is 1. The van der Waals surface area contributed by atoms with Gasteiger partial charge in [0.1, 0.15) is 85.0 Å². The summed E-state index contributed by atoms with van der Waals surface area (Å²) < 4.78 is 27.0. The number of aromatic carboxylic acids is 1. The maximum atomic E-state index is 12.8. The smallest absolute Gasteiger partial charge is 0.384 e. The highest BCUT2D eigenvalue weighted by molar-refractivity contribution is 9.08. The van der Waals surface area contributed by atoms with E-state index in [0.29, 0.717) is 54.5 Å². The number of rotatable bonds is 11. The molecule has 0 saturated carbocycles. The van der Waals surface area contributed by atoms with Crippen molar-refractivity contribution in [3.63, 3.8) is 0 Å². The lowest BCUT2D eigenvalue weighted by Crippen LogP contribution is -2.49. The number of carboxylic acids is 1. The molecule has 0 fully saturated rings. The van der Waals surface area contributed by atoms with Gasteiger partial charge in [-0.1, -0.05) is 76.6 Å². The molecule has 0 unspecified atom stereocenters. The number of hydrogen-bond acceptors (Lipinski definition) is 27. The summed E-state index contributed by atoms with van der Waals surface area (Å²) in [6.07, 6.45) is 9.37. The Kier molecular flexibility index (Phi) is 38.8. The van der Waals surface area contributed by atoms with Crippen molar-refractivity contribution in [2.24, 2.45) is 11.5 Å². The predicted molar refractivity (Wildman–Crippen MR) is 399 cm³/mol. The highest BCUT2D eigenvalue weighted by atomic mass is 79.9. The van der Waals surface area contributed by atoms with Gasteiger partial charge < -0.3 is 50.9 Å². The Morgan fingerprint density at radius 2 is 1.02 bits per heavy atom. The molecule has 37 nitrogen and oxygen atoms in total. The number of benzene rings is 2. The van der Waals surface area contributed by atoms with Crippen molar-refractivity contribution in [1.82, 2.24) is 66.0 Å². The SMILES string of the molecule is BrCc1ccccc1.C#CC(=O)OCC.CCOC(=O)c1cc(C#N)n[nH]1.CN1C(=O)[C@@H](N)COc2cccnc21.CN1C(=O)[C@@H](NC(=O)c2cc(C#N)n(Cc3ccccc3)n2)COc2cccnc21.CN1C(=O)[C@@H](NC(=O)c2cc(C#N)n[nH]2)COc2cccnc21.Cl.Cl.N#CCN.N#Cc1cc(C(=O)O)[nH]n1. The molecule has 0 spiro atoms. The molecule has 9 aromatic rings. The molecule has 7 aromatic heterocycles. The van der Waals surface area contributed by atoms with Gasteiger partial charge in [-0.15, -0.1) is 31.2 Å². The zero-order chi connectivity index (χ0) is 79.1. The van der Waals surface area contributed by atoms with Crippen molar-refractivity contribution in [3.8, 4) is 59.9 Å². The Hall–Kier alpha value is -14.1. The molecule has 3 atom stereocenters. The molecule has 570 valence electrons. The third kappa shape index (κ3) is 27.4. The van der Waals surface area contributed by atoms with Crippen LogP contribution in [0.25, 0.3) is 0 Å². The summed E-state index contributed by atoms with van der Waals surface area (Å²) in [6.45, 7) is 4.68. The fourth-order valence-corrected chi connectivity index (χ4v) is 8.97. The highest BCUT2D eigenvalue weighted by Crippen LogP contribution is 2.30. The lowest BCUT2D eigenvalue weighted by Gasteiger charge is -2.19. The van der Waals surface area contributed by atoms with Gasteiger partial charge in [0.2, 0.25) is 5.91 Å². The summed E-state index contributed by atoms with van der Waals surface area (Å²) >= 11 is 3.36. The van der Waals surface area contributed by atoms with Crippen molar-refractivity contribution in [2.75, 3.05) is 75.4 Å². The number of halogens is 3. The van der Waals surface area contributed by atoms with Crippen LogP contribution < -0.4 is 51.0 Å². The molecule has 10 N–H and O–H groups in total. The van der Waals surface area contributed by atoms with E-state index in [0.717, 1.165) is 10.9 Å². The number of fused-ring (bicyclic) bond motifs is 3. The van der Waals surface area contributed by atoms with Gasteiger partial charge in [-0.05, 0) is 61.4 Å². The third-order valence-electron chi connectivity index (χ3n) is 13.8. The molecule has 40 heteroatoms. The average Bonchev–Trinajstić information content (AvgIpc) is 1.67. The summed E-state index contributed by atoms with van der Waals surface area (Å²) in [7, 11) is 4.78. The molecule has 110 heavy (non-hydrogen) atoms. The molecule has 2 aromatic carbocycles. The summed E-state index contributed by atoms with van der Waals surface area (Å²) in [6, 6.07) is 42.0. The van der Waals surface area contributed by atoms with E-state index in [2.05, 4.69) is 111 Å². The Balaban J connectivity index is 0.000000348. The van der Waals surface area contributed by atoms with Gasteiger partial charge in [-0.25, -0.2) is 34.0 Å². The summed E-state index contributed by atoms with van der Waals surface area (Å²) in [5.41, 5.74) is 13.4. The molecule has 3 aliphatic rings. The van der Waals surface area contributed by atoms with Gasteiger partial charge in [0, 0.05) is 75.2 Å². The van der Waals surface area contributed by atoms with Crippen LogP contribution in [0.2, 0.25) is 0 Å². The number of nitrogens with zero attached hydrogens (tertiary/aromatic N) is 16. The monoisotopic (exact) mass is 1610 g/mol. The van der Waals surface area contributed by atoms with Crippen LogP contribution in [-0.4, -0.2) is 187 Å². The molecule has 12 rings (SSSR count). The largest absolute Gasteiger partial charge is 0.488 e. The summed E-state index contributed by atoms with van der Waals surface area (Å²) in [5.74, 6) is 0.422. The van der Waals surface area contributed by atoms with E-state index in [1.165, 1.54) is 49.2 Å². The minimum absolute atomic E-state index is 0. The number of carbonyl (C=O) groups is 8. The minimum atomic E-state index is -1.12. The van der Waals surface area contributed by atoms with Crippen molar-refractivity contribution >= 4 is 106 Å². The highest BCUT2D eigenvalue weighted by Gasteiger charge is 2.34. The van der Waals surface area contributed by atoms with Gasteiger partial charge >= 0.3 is 17.9 Å². The first-order valence-corrected chi connectivity index (χ1v) is 32.7. The standard InChI is InChI=1S/C21H18N6O3.C14H12N6O3.C9H11N3O2.C7H7Br.C7H7N3O2.C5H3N3O2.C5H6O2.C2H4N2.2ClH/c1-26-19-18(8-5-9-23-19)30-13-17(21(26)29)24-20(28)16-10-15(11-22)27(25-16)12-14-6-3-2-4-7-14;1-20-12-11(3-2-4-16-12)23-7-10(14(20)22)17-13(21)9-5-8(6-15)18-19-9;1-12-8-7(3-2-4-11-8)14-5-6(10)9(12)13;8-6-7-4-2-1-3-5-7;1-2-12-7(11)6-3-5(4-8)9-10-6;6-2-3-1-4(5(9)10)8-7-3;1-3-5(6)7-4-2;3-1-2-4;;/h2-10,17H,12-13H2,1H3,(H,24,28);2-5,10H,7H2,1H3,(H,17,21)(H,18,19);2-4,6H,5,10H2,1H3;1-5H,6H2;3H,2H2,1H3,(H,9,10);1H,(H,7,8)(H,9,10);1H,4H2,2H3;1,3H2;2*1H/t17-;10-;6-;;;;;;;/m000......./s1. The van der Waals surface area contributed by atoms with Gasteiger partial charge in [-0.3, -0.25) is 54.0 Å². The van der Waals surface area contributed by atoms with Crippen LogP contribution in [0.5, 0.6) is 17.2 Å². The second-order valence-corrected chi connectivity index (χ2v) is 21.7. The Labute approximate surface area is 649 Å². The number of carbonyl (C=O) groups excluding carboxylic acids is 7. The molecule has 5 amide bonds. The van der Waals surface area contributed by atoms with Crippen molar-refractivity contribution in [3.05, 3.63) is 197 Å². The summed E-state index contributed by atoms with van der Waals surface area (Å²) in [4.78, 5) is 109. The zero-order valence-corrected chi connectivity index (χ0v) is 62.2. The number of likely N-dealkylation sites (N-methyl/N-ethyl adjacent to an activating group) is 3. The second kappa shape index (κ2) is 47.4. The number of pyridine rings is 3.